The summed E-state index contributed by atoms with van der Waals surface area (Å²) < 4.78 is 68.7. The molecular formula is C81H158O17P2. The zero-order chi connectivity index (χ0) is 73.7. The van der Waals surface area contributed by atoms with Crippen molar-refractivity contribution in [1.82, 2.24) is 0 Å². The zero-order valence-corrected chi connectivity index (χ0v) is 67.5. The molecule has 0 saturated heterocycles. The van der Waals surface area contributed by atoms with E-state index in [0.29, 0.717) is 25.7 Å². The third kappa shape index (κ3) is 73.0. The minimum absolute atomic E-state index is 0.104. The maximum absolute atomic E-state index is 13.1. The lowest BCUT2D eigenvalue weighted by atomic mass is 10.00. The van der Waals surface area contributed by atoms with Crippen LogP contribution >= 0.6 is 15.6 Å². The lowest BCUT2D eigenvalue weighted by Crippen LogP contribution is -2.30. The molecule has 0 aliphatic rings. The number of hydrogen-bond donors (Lipinski definition) is 3. The number of aliphatic hydroxyl groups is 1. The van der Waals surface area contributed by atoms with E-state index in [0.717, 1.165) is 114 Å². The van der Waals surface area contributed by atoms with Gasteiger partial charge < -0.3 is 33.8 Å². The average molecular weight is 1470 g/mol. The van der Waals surface area contributed by atoms with Gasteiger partial charge in [0.1, 0.15) is 19.3 Å². The Balaban J connectivity index is 5.22. The van der Waals surface area contributed by atoms with Crippen LogP contribution in [-0.4, -0.2) is 96.7 Å². The molecule has 19 heteroatoms. The molecule has 0 aliphatic heterocycles. The molecule has 17 nitrogen and oxygen atoms in total. The molecule has 3 N–H and O–H groups in total. The molecule has 0 fully saturated rings. The molecule has 0 aromatic heterocycles. The summed E-state index contributed by atoms with van der Waals surface area (Å²) in [5.74, 6) is 0.152. The van der Waals surface area contributed by atoms with Gasteiger partial charge in [-0.05, 0) is 43.4 Å². The summed E-state index contributed by atoms with van der Waals surface area (Å²) in [6, 6.07) is 0. The van der Waals surface area contributed by atoms with Gasteiger partial charge in [-0.1, -0.05) is 370 Å². The Morgan fingerprint density at radius 1 is 0.290 bits per heavy atom. The summed E-state index contributed by atoms with van der Waals surface area (Å²) >= 11 is 0. The van der Waals surface area contributed by atoms with E-state index < -0.39 is 97.5 Å². The van der Waals surface area contributed by atoms with Crippen LogP contribution in [0.5, 0.6) is 0 Å². The van der Waals surface area contributed by atoms with Crippen molar-refractivity contribution in [2.75, 3.05) is 39.6 Å². The lowest BCUT2D eigenvalue weighted by molar-refractivity contribution is -0.161. The summed E-state index contributed by atoms with van der Waals surface area (Å²) in [5, 5.41) is 10.6. The van der Waals surface area contributed by atoms with Crippen LogP contribution in [0.4, 0.5) is 0 Å². The van der Waals surface area contributed by atoms with Gasteiger partial charge in [-0.15, -0.1) is 0 Å². The molecule has 0 heterocycles. The highest BCUT2D eigenvalue weighted by molar-refractivity contribution is 7.47. The van der Waals surface area contributed by atoms with Crippen molar-refractivity contribution in [1.29, 1.82) is 0 Å². The molecule has 0 rings (SSSR count). The van der Waals surface area contributed by atoms with Crippen LogP contribution in [0.3, 0.4) is 0 Å². The van der Waals surface area contributed by atoms with Gasteiger partial charge >= 0.3 is 39.5 Å². The Hall–Kier alpha value is -1.94. The van der Waals surface area contributed by atoms with Gasteiger partial charge in [0.25, 0.3) is 0 Å². The second-order valence-corrected chi connectivity index (χ2v) is 33.3. The van der Waals surface area contributed by atoms with Crippen LogP contribution in [0.25, 0.3) is 0 Å². The van der Waals surface area contributed by atoms with Crippen LogP contribution in [0.15, 0.2) is 0 Å². The molecule has 0 aliphatic carbocycles. The van der Waals surface area contributed by atoms with E-state index in [9.17, 15) is 43.2 Å². The van der Waals surface area contributed by atoms with Gasteiger partial charge in [0, 0.05) is 25.7 Å². The Labute approximate surface area is 613 Å². The van der Waals surface area contributed by atoms with Crippen molar-refractivity contribution in [3.8, 4) is 0 Å². The summed E-state index contributed by atoms with van der Waals surface area (Å²) in [5.41, 5.74) is 0. The molecular weight excluding hydrogens is 1310 g/mol. The fourth-order valence-electron chi connectivity index (χ4n) is 12.5. The summed E-state index contributed by atoms with van der Waals surface area (Å²) in [7, 11) is -9.92. The van der Waals surface area contributed by atoms with Gasteiger partial charge in [0.15, 0.2) is 12.2 Å². The van der Waals surface area contributed by atoms with Gasteiger partial charge in [0.05, 0.1) is 26.4 Å². The summed E-state index contributed by atoms with van der Waals surface area (Å²) in [4.78, 5) is 73.0. The lowest BCUT2D eigenvalue weighted by Gasteiger charge is -2.21. The number of esters is 4. The highest BCUT2D eigenvalue weighted by atomic mass is 31.2. The molecule has 0 amide bonds. The molecule has 0 spiro atoms. The van der Waals surface area contributed by atoms with E-state index >= 15 is 0 Å². The smallest absolute Gasteiger partial charge is 0.462 e. The molecule has 100 heavy (non-hydrogen) atoms. The minimum atomic E-state index is -4.96. The van der Waals surface area contributed by atoms with E-state index in [-0.39, 0.29) is 25.7 Å². The molecule has 0 aromatic rings. The number of unbranched alkanes of at least 4 members (excludes halogenated alkanes) is 46. The first kappa shape index (κ1) is 98.1. The maximum Gasteiger partial charge on any atom is 0.472 e. The fraction of sp³-hybridized carbons (Fsp3) is 0.951. The number of rotatable bonds is 79. The zero-order valence-electron chi connectivity index (χ0n) is 65.7. The minimum Gasteiger partial charge on any atom is -0.462 e. The van der Waals surface area contributed by atoms with Gasteiger partial charge in [0.2, 0.25) is 0 Å². The van der Waals surface area contributed by atoms with Crippen molar-refractivity contribution >= 4 is 39.5 Å². The number of ether oxygens (including phenoxy) is 4. The Morgan fingerprint density at radius 3 is 0.760 bits per heavy atom. The van der Waals surface area contributed by atoms with Crippen LogP contribution in [-0.2, 0) is 65.4 Å². The molecule has 0 radical (unpaired) electrons. The molecule has 0 aromatic carbocycles. The fourth-order valence-corrected chi connectivity index (χ4v) is 14.0. The van der Waals surface area contributed by atoms with E-state index in [1.54, 1.807) is 0 Å². The Kier molecular flexibility index (Phi) is 69.9. The highest BCUT2D eigenvalue weighted by Gasteiger charge is 2.30. The van der Waals surface area contributed by atoms with Crippen molar-refractivity contribution in [3.05, 3.63) is 0 Å². The predicted octanol–water partition coefficient (Wildman–Crippen LogP) is 24.1. The van der Waals surface area contributed by atoms with Crippen molar-refractivity contribution < 1.29 is 80.2 Å². The molecule has 0 saturated carbocycles. The van der Waals surface area contributed by atoms with Crippen molar-refractivity contribution in [2.24, 2.45) is 17.8 Å². The van der Waals surface area contributed by atoms with Crippen LogP contribution in [0.2, 0.25) is 0 Å². The normalized spacial score (nSPS) is 14.2. The summed E-state index contributed by atoms with van der Waals surface area (Å²) in [6.45, 7) is 11.9. The molecule has 0 bridgehead atoms. The highest BCUT2D eigenvalue weighted by Crippen LogP contribution is 2.45. The van der Waals surface area contributed by atoms with Crippen LogP contribution in [0, 0.1) is 17.8 Å². The van der Waals surface area contributed by atoms with E-state index in [2.05, 4.69) is 48.5 Å². The third-order valence-corrected chi connectivity index (χ3v) is 21.1. The number of phosphoric ester groups is 2. The van der Waals surface area contributed by atoms with Gasteiger partial charge in [-0.3, -0.25) is 37.3 Å². The summed E-state index contributed by atoms with van der Waals surface area (Å²) in [6.07, 6.45) is 59.9. The monoisotopic (exact) mass is 1470 g/mol. The number of phosphoric acid groups is 2. The average Bonchev–Trinajstić information content (AvgIpc) is 0.941. The first-order chi connectivity index (χ1) is 48.3. The Morgan fingerprint density at radius 2 is 0.510 bits per heavy atom. The first-order valence-corrected chi connectivity index (χ1v) is 44.9. The van der Waals surface area contributed by atoms with E-state index in [1.807, 2.05) is 0 Å². The van der Waals surface area contributed by atoms with Crippen molar-refractivity contribution in [3.63, 3.8) is 0 Å². The van der Waals surface area contributed by atoms with Crippen LogP contribution < -0.4 is 0 Å². The van der Waals surface area contributed by atoms with E-state index in [1.165, 1.54) is 225 Å². The third-order valence-electron chi connectivity index (χ3n) is 19.2. The van der Waals surface area contributed by atoms with Crippen LogP contribution in [0.1, 0.15) is 421 Å². The number of carbonyl (C=O) groups excluding carboxylic acids is 4. The maximum atomic E-state index is 13.1. The molecule has 3 unspecified atom stereocenters. The topological polar surface area (TPSA) is 237 Å². The van der Waals surface area contributed by atoms with Gasteiger partial charge in [-0.25, -0.2) is 9.13 Å². The molecule has 594 valence electrons. The number of carbonyl (C=O) groups is 4. The second-order valence-electron chi connectivity index (χ2n) is 30.4. The quantitative estimate of drug-likeness (QED) is 0.0222. The largest absolute Gasteiger partial charge is 0.472 e. The molecule has 6 atom stereocenters. The van der Waals surface area contributed by atoms with Crippen molar-refractivity contribution in [2.45, 2.75) is 439 Å². The van der Waals surface area contributed by atoms with Gasteiger partial charge in [-0.2, -0.15) is 0 Å². The SMILES string of the molecule is CCCCCCCCCCCCCCCCCCCCCCCC(=O)O[C@H](COC(=O)CCCCCCCCCCCCCCCCC(C)C)COP(=O)(O)OC[C@@H](O)COP(=O)(O)OC[C@@H](COC(=O)CCCCCCCCC(C)CC)OC(=O)CCCCCCCCCCCC(C)C. The predicted molar refractivity (Wildman–Crippen MR) is 409 cm³/mol. The first-order valence-electron chi connectivity index (χ1n) is 41.9. The second kappa shape index (κ2) is 71.3. The van der Waals surface area contributed by atoms with E-state index in [4.69, 9.17) is 37.0 Å². The Bertz CT molecular complexity index is 1940. The standard InChI is InChI=1S/C81H158O17P2/c1-8-10-11-12-13-14-15-16-17-18-19-20-21-22-23-28-31-36-41-50-57-64-80(85)97-76(68-91-78(83)62-55-48-40-35-30-27-25-24-26-29-33-38-45-52-59-72(3)4)70-95-99(87,88)93-66-75(82)67-94-100(89,90)96-71-77(69-92-79(84)63-56-49-44-43-47-54-61-74(7)9-2)98-81(86)65-58-51-42-37-32-34-39-46-53-60-73(5)6/h72-77,82H,8-71H2,1-7H3,(H,87,88)(H,89,90)/t74?,75-,76-,77-/m1/s1. The number of aliphatic hydroxyl groups excluding tert-OH is 1. The number of hydrogen-bond acceptors (Lipinski definition) is 15.